The molecule has 0 saturated heterocycles. The number of rotatable bonds is 3. The van der Waals surface area contributed by atoms with Crippen LogP contribution in [0.15, 0.2) is 10.1 Å². The Morgan fingerprint density at radius 3 is 1.92 bits per heavy atom. The molecule has 0 amide bonds. The van der Waals surface area contributed by atoms with Gasteiger partial charge < -0.3 is 5.84 Å². The fourth-order valence-electron chi connectivity index (χ4n) is 1.11. The van der Waals surface area contributed by atoms with Crippen molar-refractivity contribution in [2.45, 2.75) is 40.7 Å². The van der Waals surface area contributed by atoms with Crippen LogP contribution in [0.1, 0.15) is 34.6 Å². The molecule has 0 heterocycles. The monoisotopic (exact) mass is 169 g/mol. The van der Waals surface area contributed by atoms with E-state index in [2.05, 4.69) is 23.9 Å². The molecule has 0 aliphatic carbocycles. The lowest BCUT2D eigenvalue weighted by Gasteiger charge is -2.09. The molecular formula is C9H19N3. The highest BCUT2D eigenvalue weighted by atomic mass is 15.1. The fourth-order valence-corrected chi connectivity index (χ4v) is 1.11. The van der Waals surface area contributed by atoms with E-state index in [-0.39, 0.29) is 0 Å². The SMILES string of the molecule is CC(=NC(C)C)C(=NN)C(C)C. The van der Waals surface area contributed by atoms with Gasteiger partial charge in [-0.2, -0.15) is 5.10 Å². The lowest BCUT2D eigenvalue weighted by Crippen LogP contribution is -2.20. The van der Waals surface area contributed by atoms with E-state index in [4.69, 9.17) is 5.84 Å². The Morgan fingerprint density at radius 2 is 1.67 bits per heavy atom. The number of hydrazone groups is 1. The van der Waals surface area contributed by atoms with Gasteiger partial charge in [0, 0.05) is 6.04 Å². The van der Waals surface area contributed by atoms with Gasteiger partial charge in [-0.05, 0) is 26.7 Å². The second-order valence-corrected chi connectivity index (χ2v) is 3.48. The van der Waals surface area contributed by atoms with Crippen LogP contribution in [0.4, 0.5) is 0 Å². The number of nitrogens with zero attached hydrogens (tertiary/aromatic N) is 2. The number of nitrogens with two attached hydrogens (primary N) is 1. The van der Waals surface area contributed by atoms with E-state index < -0.39 is 0 Å². The van der Waals surface area contributed by atoms with E-state index in [1.807, 2.05) is 20.8 Å². The topological polar surface area (TPSA) is 50.7 Å². The molecule has 0 aromatic carbocycles. The smallest absolute Gasteiger partial charge is 0.0832 e. The largest absolute Gasteiger partial charge is 0.323 e. The summed E-state index contributed by atoms with van der Waals surface area (Å²) in [5.41, 5.74) is 1.84. The van der Waals surface area contributed by atoms with Crippen LogP contribution in [-0.2, 0) is 0 Å². The molecule has 0 rings (SSSR count). The Hall–Kier alpha value is -0.860. The van der Waals surface area contributed by atoms with Gasteiger partial charge in [-0.3, -0.25) is 4.99 Å². The van der Waals surface area contributed by atoms with Gasteiger partial charge in [0.1, 0.15) is 0 Å². The van der Waals surface area contributed by atoms with Crippen molar-refractivity contribution in [2.24, 2.45) is 21.9 Å². The maximum Gasteiger partial charge on any atom is 0.0832 e. The minimum Gasteiger partial charge on any atom is -0.323 e. The van der Waals surface area contributed by atoms with Crippen LogP contribution in [0.25, 0.3) is 0 Å². The molecule has 2 N–H and O–H groups in total. The number of hydrogen-bond acceptors (Lipinski definition) is 3. The molecule has 0 aliphatic rings. The normalized spacial score (nSPS) is 14.6. The third-order valence-electron chi connectivity index (χ3n) is 1.51. The van der Waals surface area contributed by atoms with Crippen LogP contribution >= 0.6 is 0 Å². The Morgan fingerprint density at radius 1 is 1.17 bits per heavy atom. The third kappa shape index (κ3) is 3.51. The van der Waals surface area contributed by atoms with Crippen molar-refractivity contribution in [2.75, 3.05) is 0 Å². The fraction of sp³-hybridized carbons (Fsp3) is 0.778. The summed E-state index contributed by atoms with van der Waals surface area (Å²) in [7, 11) is 0. The molecular weight excluding hydrogens is 150 g/mol. The van der Waals surface area contributed by atoms with Crippen molar-refractivity contribution in [1.82, 2.24) is 0 Å². The quantitative estimate of drug-likeness (QED) is 0.391. The average Bonchev–Trinajstić information content (AvgIpc) is 1.85. The van der Waals surface area contributed by atoms with Crippen molar-refractivity contribution in [3.63, 3.8) is 0 Å². The first-order chi connectivity index (χ1) is 5.49. The number of aliphatic imine (C=N–C) groups is 1. The molecule has 70 valence electrons. The maximum absolute atomic E-state index is 5.26. The number of hydrogen-bond donors (Lipinski definition) is 1. The second kappa shape index (κ2) is 4.91. The summed E-state index contributed by atoms with van der Waals surface area (Å²) in [4.78, 5) is 4.38. The van der Waals surface area contributed by atoms with E-state index in [0.717, 1.165) is 11.4 Å². The van der Waals surface area contributed by atoms with Crippen molar-refractivity contribution >= 4 is 11.4 Å². The standard InChI is InChI=1S/C9H19N3/c1-6(2)9(12-10)8(5)11-7(3)4/h6-7H,10H2,1-5H3. The molecule has 0 fully saturated rings. The highest BCUT2D eigenvalue weighted by molar-refractivity contribution is 6.42. The predicted octanol–water partition coefficient (Wildman–Crippen LogP) is 1.83. The van der Waals surface area contributed by atoms with Gasteiger partial charge in [-0.15, -0.1) is 0 Å². The first-order valence-electron chi connectivity index (χ1n) is 4.31. The second-order valence-electron chi connectivity index (χ2n) is 3.48. The third-order valence-corrected chi connectivity index (χ3v) is 1.51. The highest BCUT2D eigenvalue weighted by Crippen LogP contribution is 2.00. The van der Waals surface area contributed by atoms with E-state index in [9.17, 15) is 0 Å². The molecule has 0 aromatic heterocycles. The van der Waals surface area contributed by atoms with Gasteiger partial charge in [-0.1, -0.05) is 13.8 Å². The first kappa shape index (κ1) is 11.1. The molecule has 3 nitrogen and oxygen atoms in total. The van der Waals surface area contributed by atoms with Crippen LogP contribution in [0.3, 0.4) is 0 Å². The van der Waals surface area contributed by atoms with E-state index in [1.165, 1.54) is 0 Å². The predicted molar refractivity (Wildman–Crippen MR) is 54.7 cm³/mol. The van der Waals surface area contributed by atoms with Gasteiger partial charge in [-0.25, -0.2) is 0 Å². The molecule has 0 atom stereocenters. The summed E-state index contributed by atoms with van der Waals surface area (Å²) >= 11 is 0. The van der Waals surface area contributed by atoms with Gasteiger partial charge in [0.2, 0.25) is 0 Å². The molecule has 0 aliphatic heterocycles. The van der Waals surface area contributed by atoms with Crippen LogP contribution in [-0.4, -0.2) is 17.5 Å². The van der Waals surface area contributed by atoms with Crippen molar-refractivity contribution in [1.29, 1.82) is 0 Å². The summed E-state index contributed by atoms with van der Waals surface area (Å²) in [5, 5.41) is 3.73. The van der Waals surface area contributed by atoms with E-state index in [1.54, 1.807) is 0 Å². The van der Waals surface area contributed by atoms with Gasteiger partial charge in [0.15, 0.2) is 0 Å². The molecule has 0 spiro atoms. The molecule has 0 aromatic rings. The van der Waals surface area contributed by atoms with Gasteiger partial charge in [0.05, 0.1) is 11.4 Å². The molecule has 0 radical (unpaired) electrons. The Balaban J connectivity index is 4.55. The zero-order valence-electron chi connectivity index (χ0n) is 8.63. The first-order valence-corrected chi connectivity index (χ1v) is 4.31. The highest BCUT2D eigenvalue weighted by Gasteiger charge is 2.08. The lowest BCUT2D eigenvalue weighted by atomic mass is 10.0. The van der Waals surface area contributed by atoms with Crippen LogP contribution in [0.5, 0.6) is 0 Å². The summed E-state index contributed by atoms with van der Waals surface area (Å²) < 4.78 is 0. The minimum absolute atomic E-state index is 0.306. The summed E-state index contributed by atoms with van der Waals surface area (Å²) in [5.74, 6) is 5.60. The van der Waals surface area contributed by atoms with Crippen LogP contribution in [0.2, 0.25) is 0 Å². The Labute approximate surface area is 74.8 Å². The van der Waals surface area contributed by atoms with E-state index >= 15 is 0 Å². The zero-order chi connectivity index (χ0) is 9.72. The van der Waals surface area contributed by atoms with Crippen molar-refractivity contribution in [3.05, 3.63) is 0 Å². The van der Waals surface area contributed by atoms with E-state index in [0.29, 0.717) is 12.0 Å². The van der Waals surface area contributed by atoms with Gasteiger partial charge in [0.25, 0.3) is 0 Å². The summed E-state index contributed by atoms with van der Waals surface area (Å²) in [6.07, 6.45) is 0. The molecule has 0 unspecified atom stereocenters. The van der Waals surface area contributed by atoms with Crippen LogP contribution in [0, 0.1) is 5.92 Å². The average molecular weight is 169 g/mol. The molecule has 0 bridgehead atoms. The Bertz CT molecular complexity index is 190. The Kier molecular flexibility index (Phi) is 4.55. The summed E-state index contributed by atoms with van der Waals surface area (Å²) in [6.45, 7) is 10.2. The molecule has 12 heavy (non-hydrogen) atoms. The minimum atomic E-state index is 0.306. The van der Waals surface area contributed by atoms with Gasteiger partial charge >= 0.3 is 0 Å². The maximum atomic E-state index is 5.26. The van der Waals surface area contributed by atoms with Crippen molar-refractivity contribution < 1.29 is 0 Å². The lowest BCUT2D eigenvalue weighted by molar-refractivity contribution is 0.831. The molecule has 3 heteroatoms. The molecule has 0 saturated carbocycles. The summed E-state index contributed by atoms with van der Waals surface area (Å²) in [6, 6.07) is 0.306. The van der Waals surface area contributed by atoms with Crippen molar-refractivity contribution in [3.8, 4) is 0 Å². The van der Waals surface area contributed by atoms with Crippen LogP contribution < -0.4 is 5.84 Å². The zero-order valence-corrected chi connectivity index (χ0v) is 8.63.